The first-order valence-electron chi connectivity index (χ1n) is 23.2. The van der Waals surface area contributed by atoms with E-state index in [4.69, 9.17) is 4.42 Å². The number of para-hydroxylation sites is 3. The summed E-state index contributed by atoms with van der Waals surface area (Å²) >= 11 is 0. The quantitative estimate of drug-likeness (QED) is 0.173. The Morgan fingerprint density at radius 1 is 0.561 bits per heavy atom. The van der Waals surface area contributed by atoms with Crippen LogP contribution in [-0.2, 0) is 0 Å². The molecule has 4 aromatic carbocycles. The molecule has 6 heterocycles. The summed E-state index contributed by atoms with van der Waals surface area (Å²) in [7, 11) is 0. The van der Waals surface area contributed by atoms with Gasteiger partial charge in [0.25, 0.3) is 0 Å². The number of pyridine rings is 1. The Bertz CT molecular complexity index is 2780. The van der Waals surface area contributed by atoms with Crippen molar-refractivity contribution in [3.63, 3.8) is 0 Å². The summed E-state index contributed by atoms with van der Waals surface area (Å²) in [6, 6.07) is 47.2. The summed E-state index contributed by atoms with van der Waals surface area (Å²) in [6.45, 7) is 23.4. The van der Waals surface area contributed by atoms with Gasteiger partial charge in [-0.1, -0.05) is 152 Å². The summed E-state index contributed by atoms with van der Waals surface area (Å²) < 4.78 is 9.92. The molecular weight excluding hydrogens is 811 g/mol. The van der Waals surface area contributed by atoms with E-state index in [0.29, 0.717) is 23.7 Å². The molecule has 0 spiro atoms. The summed E-state index contributed by atoms with van der Waals surface area (Å²) in [5, 5.41) is 0. The number of aryl methyl sites for hydroxylation is 2. The molecule has 340 valence electrons. The molecule has 0 aliphatic carbocycles. The minimum Gasteiger partial charge on any atom is -0.440 e. The number of nitrogens with one attached hydrogen (secondary N) is 1. The topological polar surface area (TPSA) is 89.3 Å². The lowest BCUT2D eigenvalue weighted by Crippen LogP contribution is -2.04. The molecule has 0 bridgehead atoms. The number of nitrogens with zero attached hydrogens (tertiary/aromatic N) is 6. The van der Waals surface area contributed by atoms with Crippen LogP contribution in [0.4, 0.5) is 0 Å². The van der Waals surface area contributed by atoms with Crippen molar-refractivity contribution in [3.05, 3.63) is 204 Å². The highest BCUT2D eigenvalue weighted by Gasteiger charge is 2.18. The van der Waals surface area contributed by atoms with Gasteiger partial charge >= 0.3 is 0 Å². The van der Waals surface area contributed by atoms with Gasteiger partial charge in [0.05, 0.1) is 22.4 Å². The van der Waals surface area contributed by atoms with Crippen molar-refractivity contribution in [3.8, 4) is 17.0 Å². The molecule has 1 aliphatic heterocycles. The van der Waals surface area contributed by atoms with Gasteiger partial charge in [-0.05, 0) is 91.8 Å². The maximum absolute atomic E-state index is 5.75. The highest BCUT2D eigenvalue weighted by atomic mass is 16.4. The lowest BCUT2D eigenvalue weighted by Gasteiger charge is -2.06. The van der Waals surface area contributed by atoms with Gasteiger partial charge in [-0.25, -0.2) is 15.0 Å². The predicted octanol–water partition coefficient (Wildman–Crippen LogP) is 15.6. The van der Waals surface area contributed by atoms with Gasteiger partial charge in [-0.3, -0.25) is 4.99 Å². The lowest BCUT2D eigenvalue weighted by atomic mass is 9.97. The molecule has 0 unspecified atom stereocenters. The van der Waals surface area contributed by atoms with Crippen LogP contribution in [0.3, 0.4) is 0 Å². The Morgan fingerprint density at radius 3 is 1.73 bits per heavy atom. The third-order valence-corrected chi connectivity index (χ3v) is 11.1. The number of fused-ring (bicyclic) bond motifs is 2. The monoisotopic (exact) mass is 878 g/mol. The molecule has 5 aromatic heterocycles. The minimum atomic E-state index is 0.334. The van der Waals surface area contributed by atoms with Gasteiger partial charge in [0.15, 0.2) is 11.7 Å². The van der Waals surface area contributed by atoms with Crippen molar-refractivity contribution >= 4 is 28.0 Å². The van der Waals surface area contributed by atoms with E-state index in [9.17, 15) is 0 Å². The molecule has 8 nitrogen and oxygen atoms in total. The molecule has 9 aromatic rings. The molecule has 8 heteroatoms. The van der Waals surface area contributed by atoms with Gasteiger partial charge < -0.3 is 18.4 Å². The molecule has 0 saturated heterocycles. The fourth-order valence-corrected chi connectivity index (χ4v) is 7.18. The Balaban J connectivity index is 0.000000137. The number of hydrogen-bond acceptors (Lipinski definition) is 5. The lowest BCUT2D eigenvalue weighted by molar-refractivity contribution is 0.481. The third-order valence-electron chi connectivity index (χ3n) is 11.1. The van der Waals surface area contributed by atoms with E-state index in [0.717, 1.165) is 57.5 Å². The molecule has 10 rings (SSSR count). The van der Waals surface area contributed by atoms with Crippen molar-refractivity contribution in [1.29, 1.82) is 0 Å². The van der Waals surface area contributed by atoms with Crippen LogP contribution in [0, 0.1) is 19.8 Å². The van der Waals surface area contributed by atoms with Crippen molar-refractivity contribution < 1.29 is 4.42 Å². The van der Waals surface area contributed by atoms with Crippen LogP contribution in [0.25, 0.3) is 39.3 Å². The zero-order valence-corrected chi connectivity index (χ0v) is 40.7. The molecule has 1 N–H and O–H groups in total. The van der Waals surface area contributed by atoms with Crippen LogP contribution in [-0.4, -0.2) is 34.6 Å². The smallest absolute Gasteiger partial charge is 0.197 e. The number of hydrogen-bond donors (Lipinski definition) is 1. The molecule has 1 aliphatic rings. The van der Waals surface area contributed by atoms with Crippen LogP contribution in [0.2, 0.25) is 0 Å². The fraction of sp³-hybridized carbons (Fsp3) is 0.276. The molecule has 0 amide bonds. The molecule has 0 fully saturated rings. The number of aromatic nitrogens is 6. The van der Waals surface area contributed by atoms with E-state index in [1.165, 1.54) is 33.8 Å². The van der Waals surface area contributed by atoms with Crippen molar-refractivity contribution in [2.24, 2.45) is 10.9 Å². The second-order valence-electron chi connectivity index (χ2n) is 17.9. The molecule has 0 radical (unpaired) electrons. The van der Waals surface area contributed by atoms with E-state index in [1.807, 2.05) is 104 Å². The highest BCUT2D eigenvalue weighted by Crippen LogP contribution is 2.31. The summed E-state index contributed by atoms with van der Waals surface area (Å²) in [4.78, 5) is 21.3. The number of aliphatic imine (C=N–C) groups is 1. The van der Waals surface area contributed by atoms with Gasteiger partial charge in [-0.2, -0.15) is 0 Å². The van der Waals surface area contributed by atoms with Crippen LogP contribution in [0.15, 0.2) is 179 Å². The first-order chi connectivity index (χ1) is 31.8. The van der Waals surface area contributed by atoms with Gasteiger partial charge in [0.2, 0.25) is 0 Å². The minimum absolute atomic E-state index is 0.334. The van der Waals surface area contributed by atoms with E-state index in [2.05, 4.69) is 170 Å². The van der Waals surface area contributed by atoms with Gasteiger partial charge in [0, 0.05) is 65.7 Å². The maximum atomic E-state index is 5.75. The Morgan fingerprint density at radius 2 is 1.18 bits per heavy atom. The average molecular weight is 878 g/mol. The van der Waals surface area contributed by atoms with E-state index < -0.39 is 0 Å². The van der Waals surface area contributed by atoms with Crippen LogP contribution in [0.1, 0.15) is 121 Å². The van der Waals surface area contributed by atoms with Gasteiger partial charge in [-0.15, -0.1) is 0 Å². The highest BCUT2D eigenvalue weighted by molar-refractivity contribution is 6.00. The number of H-pyrrole nitrogens is 1. The molecule has 66 heavy (non-hydrogen) atoms. The number of rotatable bonds is 7. The number of aromatic amines is 1. The second kappa shape index (κ2) is 23.2. The molecule has 0 atom stereocenters. The average Bonchev–Trinajstić information content (AvgIpc) is 4.18. The Kier molecular flexibility index (Phi) is 17.0. The second-order valence-corrected chi connectivity index (χ2v) is 17.9. The maximum Gasteiger partial charge on any atom is 0.197 e. The fourth-order valence-electron chi connectivity index (χ4n) is 7.18. The van der Waals surface area contributed by atoms with E-state index >= 15 is 0 Å². The first-order valence-corrected chi connectivity index (χ1v) is 23.2. The summed E-state index contributed by atoms with van der Waals surface area (Å²) in [6.07, 6.45) is 9.32. The third kappa shape index (κ3) is 13.3. The number of benzene rings is 4. The van der Waals surface area contributed by atoms with Crippen molar-refractivity contribution in [2.75, 3.05) is 0 Å². The number of allylic oxidation sites excluding steroid dienone is 2. The zero-order valence-electron chi connectivity index (χ0n) is 40.7. The van der Waals surface area contributed by atoms with Crippen molar-refractivity contribution in [2.45, 2.75) is 100 Å². The number of oxazole rings is 1. The first kappa shape index (κ1) is 48.4. The predicted molar refractivity (Wildman–Crippen MR) is 277 cm³/mol. The largest absolute Gasteiger partial charge is 0.440 e. The SMILES string of the molecule is CC(C)c1cn2ccccc2n1.CC(C)c1nc2ccccc2[nH]1.CC1=C(c2ccccc2)CC(C(C)C)=N1.Cc1ccn(-c2ccccc2)c1.Cc1nc(C(C)C)oc1-c1ccccc1. The van der Waals surface area contributed by atoms with Crippen LogP contribution >= 0.6 is 0 Å². The molecular formula is C58H67N7O. The zero-order chi connectivity index (χ0) is 47.2. The standard InChI is InChI=1S/C14H17N.C13H15NO.C11H11N.2C10H12N2/c1-10(2)14-9-13(11(3)15-14)12-7-5-4-6-8-12;1-9(2)13-14-10(3)12(15-13)11-7-5-4-6-8-11;1-10-7-8-12(9-10)11-5-3-2-4-6-11;1-8(2)9-7-12-6-4-3-5-10(12)11-9;1-7(2)10-11-8-5-3-4-6-9(8)12-10/h4-8,10H,9H2,1-3H3;4-9H,1-3H3;2-9H,1H3;3-8H,1-2H3;3-7H,1-2H3,(H,11,12). The van der Waals surface area contributed by atoms with Crippen LogP contribution in [0.5, 0.6) is 0 Å². The normalized spacial score (nSPS) is 12.1. The number of imidazole rings is 2. The van der Waals surface area contributed by atoms with E-state index in [1.54, 1.807) is 0 Å². The van der Waals surface area contributed by atoms with E-state index in [-0.39, 0.29) is 0 Å². The Labute approximate surface area is 392 Å². The van der Waals surface area contributed by atoms with Crippen molar-refractivity contribution in [1.82, 2.24) is 28.9 Å². The Hall–Kier alpha value is -7.06. The molecule has 0 saturated carbocycles. The summed E-state index contributed by atoms with van der Waals surface area (Å²) in [5.41, 5.74) is 14.1. The van der Waals surface area contributed by atoms with Crippen LogP contribution < -0.4 is 0 Å². The summed E-state index contributed by atoms with van der Waals surface area (Å²) in [5.74, 6) is 4.63. The van der Waals surface area contributed by atoms with Gasteiger partial charge in [0.1, 0.15) is 11.5 Å².